The predicted molar refractivity (Wildman–Crippen MR) is 59.1 cm³/mol. The number of nitrogens with two attached hydrogens (primary N) is 1. The Bertz CT molecular complexity index is 567. The van der Waals surface area contributed by atoms with Crippen LogP contribution in [-0.4, -0.2) is 14.3 Å². The molecule has 1 aliphatic rings. The molecule has 1 aliphatic carbocycles. The number of rotatable bonds is 3. The number of nitrogens with one attached hydrogen (secondary N) is 1. The molecule has 0 heterocycles. The van der Waals surface area contributed by atoms with Gasteiger partial charge in [0.2, 0.25) is 15.9 Å². The molecule has 1 amide bonds. The van der Waals surface area contributed by atoms with Gasteiger partial charge in [0, 0.05) is 11.6 Å². The number of benzene rings is 1. The minimum Gasteiger partial charge on any atom is -0.326 e. The number of primary sulfonamides is 1. The van der Waals surface area contributed by atoms with Crippen molar-refractivity contribution in [1.29, 1.82) is 0 Å². The quantitative estimate of drug-likeness (QED) is 0.841. The summed E-state index contributed by atoms with van der Waals surface area (Å²) in [5, 5.41) is 7.32. The van der Waals surface area contributed by atoms with Crippen molar-refractivity contribution in [3.63, 3.8) is 0 Å². The van der Waals surface area contributed by atoms with Gasteiger partial charge < -0.3 is 5.32 Å². The van der Waals surface area contributed by atoms with Crippen molar-refractivity contribution in [3.8, 4) is 0 Å². The topological polar surface area (TPSA) is 89.3 Å². The Hall–Kier alpha value is -1.47. The van der Waals surface area contributed by atoms with Gasteiger partial charge in [-0.2, -0.15) is 0 Å². The van der Waals surface area contributed by atoms with Crippen LogP contribution in [0, 0.1) is 11.7 Å². The van der Waals surface area contributed by atoms with Gasteiger partial charge in [0.1, 0.15) is 10.7 Å². The van der Waals surface area contributed by atoms with Crippen molar-refractivity contribution in [2.75, 3.05) is 5.32 Å². The van der Waals surface area contributed by atoms with E-state index in [2.05, 4.69) is 5.32 Å². The highest BCUT2D eigenvalue weighted by atomic mass is 32.2. The molecule has 1 aromatic carbocycles. The first-order chi connectivity index (χ1) is 7.88. The number of halogens is 1. The lowest BCUT2D eigenvalue weighted by molar-refractivity contribution is -0.117. The zero-order valence-electron chi connectivity index (χ0n) is 8.81. The molecule has 0 aliphatic heterocycles. The average Bonchev–Trinajstić information content (AvgIpc) is 2.98. The van der Waals surface area contributed by atoms with Gasteiger partial charge in [-0.15, -0.1) is 0 Å². The van der Waals surface area contributed by atoms with E-state index in [9.17, 15) is 17.6 Å². The Kier molecular flexibility index (Phi) is 2.88. The molecule has 0 aromatic heterocycles. The summed E-state index contributed by atoms with van der Waals surface area (Å²) in [5.41, 5.74) is 0.229. The third-order valence-corrected chi connectivity index (χ3v) is 3.40. The van der Waals surface area contributed by atoms with Crippen LogP contribution in [0.25, 0.3) is 0 Å². The molecule has 0 unspecified atom stereocenters. The third-order valence-electron chi connectivity index (χ3n) is 2.45. The highest BCUT2D eigenvalue weighted by Crippen LogP contribution is 2.30. The SMILES string of the molecule is NS(=O)(=O)c1ccc(NC(=O)C2CC2)cc1F. The number of carbonyl (C=O) groups excluding carboxylic acids is 1. The number of amides is 1. The van der Waals surface area contributed by atoms with Crippen molar-refractivity contribution in [2.45, 2.75) is 17.7 Å². The van der Waals surface area contributed by atoms with E-state index >= 15 is 0 Å². The van der Waals surface area contributed by atoms with Crippen LogP contribution >= 0.6 is 0 Å². The zero-order valence-corrected chi connectivity index (χ0v) is 9.63. The smallest absolute Gasteiger partial charge is 0.240 e. The van der Waals surface area contributed by atoms with Crippen LogP contribution in [0.5, 0.6) is 0 Å². The fourth-order valence-electron chi connectivity index (χ4n) is 1.40. The van der Waals surface area contributed by atoms with Gasteiger partial charge in [0.15, 0.2) is 0 Å². The Balaban J connectivity index is 2.21. The second kappa shape index (κ2) is 4.08. The summed E-state index contributed by atoms with van der Waals surface area (Å²) in [6.45, 7) is 0. The normalized spacial score (nSPS) is 15.6. The molecule has 3 N–H and O–H groups in total. The van der Waals surface area contributed by atoms with Crippen LogP contribution in [0.1, 0.15) is 12.8 Å². The lowest BCUT2D eigenvalue weighted by Crippen LogP contribution is -2.16. The summed E-state index contributed by atoms with van der Waals surface area (Å²) in [6, 6.07) is 3.29. The van der Waals surface area contributed by atoms with Gasteiger partial charge in [0.25, 0.3) is 0 Å². The van der Waals surface area contributed by atoms with Crippen LogP contribution in [-0.2, 0) is 14.8 Å². The lowest BCUT2D eigenvalue weighted by atomic mass is 10.3. The van der Waals surface area contributed by atoms with Gasteiger partial charge in [-0.05, 0) is 31.0 Å². The number of hydrogen-bond donors (Lipinski definition) is 2. The first kappa shape index (κ1) is 12.0. The van der Waals surface area contributed by atoms with Crippen molar-refractivity contribution in [3.05, 3.63) is 24.0 Å². The second-order valence-electron chi connectivity index (χ2n) is 3.95. The maximum atomic E-state index is 13.4. The molecular formula is C10H11FN2O3S. The van der Waals surface area contributed by atoms with E-state index in [1.807, 2.05) is 0 Å². The molecule has 0 radical (unpaired) electrons. The van der Waals surface area contributed by atoms with Gasteiger partial charge >= 0.3 is 0 Å². The Morgan fingerprint density at radius 1 is 1.41 bits per heavy atom. The van der Waals surface area contributed by atoms with Crippen molar-refractivity contribution >= 4 is 21.6 Å². The van der Waals surface area contributed by atoms with Gasteiger partial charge in [0.05, 0.1) is 0 Å². The molecule has 17 heavy (non-hydrogen) atoms. The minimum atomic E-state index is -4.07. The molecule has 1 fully saturated rings. The van der Waals surface area contributed by atoms with Crippen molar-refractivity contribution in [1.82, 2.24) is 0 Å². The van der Waals surface area contributed by atoms with E-state index in [1.54, 1.807) is 0 Å². The van der Waals surface area contributed by atoms with Crippen LogP contribution < -0.4 is 10.5 Å². The van der Waals surface area contributed by atoms with E-state index in [4.69, 9.17) is 5.14 Å². The molecule has 92 valence electrons. The van der Waals surface area contributed by atoms with Gasteiger partial charge in [-0.3, -0.25) is 4.79 Å². The summed E-state index contributed by atoms with van der Waals surface area (Å²) < 4.78 is 35.3. The number of carbonyl (C=O) groups is 1. The molecule has 7 heteroatoms. The lowest BCUT2D eigenvalue weighted by Gasteiger charge is -2.06. The Morgan fingerprint density at radius 3 is 2.53 bits per heavy atom. The average molecular weight is 258 g/mol. The van der Waals surface area contributed by atoms with Crippen LogP contribution in [0.3, 0.4) is 0 Å². The van der Waals surface area contributed by atoms with E-state index < -0.39 is 20.7 Å². The van der Waals surface area contributed by atoms with Crippen LogP contribution in [0.15, 0.2) is 23.1 Å². The first-order valence-electron chi connectivity index (χ1n) is 5.01. The molecule has 0 atom stereocenters. The summed E-state index contributed by atoms with van der Waals surface area (Å²) in [5.74, 6) is -1.15. The Morgan fingerprint density at radius 2 is 2.06 bits per heavy atom. The second-order valence-corrected chi connectivity index (χ2v) is 5.48. The monoisotopic (exact) mass is 258 g/mol. The number of hydrogen-bond acceptors (Lipinski definition) is 3. The molecule has 0 saturated heterocycles. The van der Waals surface area contributed by atoms with Crippen LogP contribution in [0.4, 0.5) is 10.1 Å². The highest BCUT2D eigenvalue weighted by Gasteiger charge is 2.29. The molecule has 1 saturated carbocycles. The summed E-state index contributed by atoms with van der Waals surface area (Å²) >= 11 is 0. The fraction of sp³-hybridized carbons (Fsp3) is 0.300. The molecule has 0 bridgehead atoms. The van der Waals surface area contributed by atoms with Crippen LogP contribution in [0.2, 0.25) is 0 Å². The predicted octanol–water partition coefficient (Wildman–Crippen LogP) is 0.822. The summed E-state index contributed by atoms with van der Waals surface area (Å²) in [4.78, 5) is 10.8. The first-order valence-corrected chi connectivity index (χ1v) is 6.56. The summed E-state index contributed by atoms with van der Waals surface area (Å²) in [7, 11) is -4.07. The standard InChI is InChI=1S/C10H11FN2O3S/c11-8-5-7(13-10(14)6-1-2-6)3-4-9(8)17(12,15)16/h3-6H,1-2H2,(H,13,14)(H2,12,15,16). The number of anilines is 1. The van der Waals surface area contributed by atoms with E-state index in [-0.39, 0.29) is 17.5 Å². The fourth-order valence-corrected chi connectivity index (χ4v) is 1.99. The van der Waals surface area contributed by atoms with E-state index in [0.717, 1.165) is 25.0 Å². The molecular weight excluding hydrogens is 247 g/mol. The van der Waals surface area contributed by atoms with Crippen molar-refractivity contribution in [2.24, 2.45) is 11.1 Å². The Labute approximate surface area is 97.9 Å². The van der Waals surface area contributed by atoms with Crippen molar-refractivity contribution < 1.29 is 17.6 Å². The maximum absolute atomic E-state index is 13.4. The van der Waals surface area contributed by atoms with E-state index in [0.29, 0.717) is 0 Å². The largest absolute Gasteiger partial charge is 0.326 e. The van der Waals surface area contributed by atoms with E-state index in [1.165, 1.54) is 6.07 Å². The minimum absolute atomic E-state index is 0.00372. The summed E-state index contributed by atoms with van der Waals surface area (Å²) in [6.07, 6.45) is 1.67. The van der Waals surface area contributed by atoms with Gasteiger partial charge in [-0.1, -0.05) is 0 Å². The zero-order chi connectivity index (χ0) is 12.6. The number of sulfonamides is 1. The van der Waals surface area contributed by atoms with Gasteiger partial charge in [-0.25, -0.2) is 17.9 Å². The molecule has 2 rings (SSSR count). The maximum Gasteiger partial charge on any atom is 0.240 e. The molecule has 1 aromatic rings. The highest BCUT2D eigenvalue weighted by molar-refractivity contribution is 7.89. The third kappa shape index (κ3) is 2.80. The molecule has 0 spiro atoms. The molecule has 5 nitrogen and oxygen atoms in total.